The van der Waals surface area contributed by atoms with Gasteiger partial charge in [0.25, 0.3) is 5.56 Å². The van der Waals surface area contributed by atoms with Crippen molar-refractivity contribution in [1.29, 1.82) is 0 Å². The van der Waals surface area contributed by atoms with Crippen molar-refractivity contribution in [2.24, 2.45) is 0 Å². The van der Waals surface area contributed by atoms with Crippen molar-refractivity contribution in [3.63, 3.8) is 0 Å². The molecule has 2 aromatic carbocycles. The summed E-state index contributed by atoms with van der Waals surface area (Å²) in [7, 11) is 0. The van der Waals surface area contributed by atoms with Crippen LogP contribution in [0.1, 0.15) is 39.7 Å². The van der Waals surface area contributed by atoms with Crippen LogP contribution in [0.25, 0.3) is 5.65 Å². The van der Waals surface area contributed by atoms with Gasteiger partial charge in [-0.3, -0.25) is 14.7 Å². The Kier molecular flexibility index (Phi) is 5.23. The van der Waals surface area contributed by atoms with Gasteiger partial charge in [-0.15, -0.1) is 0 Å². The van der Waals surface area contributed by atoms with Crippen LogP contribution in [0, 0.1) is 20.8 Å². The molecule has 30 heavy (non-hydrogen) atoms. The highest BCUT2D eigenvalue weighted by atomic mass is 16.1. The lowest BCUT2D eigenvalue weighted by Gasteiger charge is -2.21. The number of amides is 1. The number of carbonyl (C=O) groups is 1. The van der Waals surface area contributed by atoms with E-state index in [9.17, 15) is 9.59 Å². The maximum atomic E-state index is 13.1. The number of aromatic amines is 1. The standard InChI is InChI=1S/C24H24N4O2/c1-15-9-11-19(12-10-15)24(18-7-5-4-6-8-18)26-22(29)13-20-16(2)25-21-14-23(30)27-28(21)17(20)3/h4-12,14,24H,13H2,1-3H3,(H,26,29)(H,27,30). The molecule has 0 bridgehead atoms. The fourth-order valence-corrected chi connectivity index (χ4v) is 3.75. The van der Waals surface area contributed by atoms with E-state index in [2.05, 4.69) is 15.4 Å². The number of hydrogen-bond donors (Lipinski definition) is 2. The van der Waals surface area contributed by atoms with Gasteiger partial charge in [-0.05, 0) is 31.9 Å². The second kappa shape index (κ2) is 7.99. The van der Waals surface area contributed by atoms with E-state index < -0.39 is 0 Å². The molecule has 0 aliphatic rings. The highest BCUT2D eigenvalue weighted by molar-refractivity contribution is 5.80. The van der Waals surface area contributed by atoms with E-state index in [1.54, 1.807) is 4.52 Å². The zero-order valence-corrected chi connectivity index (χ0v) is 17.3. The van der Waals surface area contributed by atoms with Crippen LogP contribution in [-0.2, 0) is 11.2 Å². The van der Waals surface area contributed by atoms with Crippen LogP contribution in [0.5, 0.6) is 0 Å². The first-order valence-electron chi connectivity index (χ1n) is 9.91. The Labute approximate surface area is 174 Å². The topological polar surface area (TPSA) is 79.3 Å². The molecule has 1 unspecified atom stereocenters. The molecule has 2 aromatic heterocycles. The van der Waals surface area contributed by atoms with Crippen LogP contribution in [0.2, 0.25) is 0 Å². The van der Waals surface area contributed by atoms with Gasteiger partial charge in [-0.2, -0.15) is 0 Å². The highest BCUT2D eigenvalue weighted by Gasteiger charge is 2.19. The monoisotopic (exact) mass is 400 g/mol. The summed E-state index contributed by atoms with van der Waals surface area (Å²) < 4.78 is 1.63. The Balaban J connectivity index is 1.64. The lowest BCUT2D eigenvalue weighted by Crippen LogP contribution is -2.31. The Morgan fingerprint density at radius 3 is 2.40 bits per heavy atom. The van der Waals surface area contributed by atoms with Gasteiger partial charge in [0, 0.05) is 23.0 Å². The smallest absolute Gasteiger partial charge is 0.266 e. The molecule has 0 radical (unpaired) electrons. The molecule has 0 aliphatic heterocycles. The van der Waals surface area contributed by atoms with Crippen LogP contribution < -0.4 is 10.9 Å². The van der Waals surface area contributed by atoms with Crippen LogP contribution in [0.4, 0.5) is 0 Å². The first-order valence-corrected chi connectivity index (χ1v) is 9.91. The zero-order chi connectivity index (χ0) is 21.3. The van der Waals surface area contributed by atoms with E-state index in [0.29, 0.717) is 5.65 Å². The van der Waals surface area contributed by atoms with Crippen LogP contribution in [0.3, 0.4) is 0 Å². The molecular formula is C24H24N4O2. The van der Waals surface area contributed by atoms with Crippen LogP contribution in [-0.4, -0.2) is 20.5 Å². The van der Waals surface area contributed by atoms with Crippen molar-refractivity contribution in [2.75, 3.05) is 0 Å². The molecule has 0 fully saturated rings. The van der Waals surface area contributed by atoms with Gasteiger partial charge in [0.15, 0.2) is 5.65 Å². The first-order chi connectivity index (χ1) is 14.4. The third-order valence-electron chi connectivity index (χ3n) is 5.39. The third-order valence-corrected chi connectivity index (χ3v) is 5.39. The minimum absolute atomic E-state index is 0.105. The average molecular weight is 400 g/mol. The second-order valence-electron chi connectivity index (χ2n) is 7.57. The maximum absolute atomic E-state index is 13.1. The molecule has 6 heteroatoms. The summed E-state index contributed by atoms with van der Waals surface area (Å²) in [6.45, 7) is 5.79. The lowest BCUT2D eigenvalue weighted by molar-refractivity contribution is -0.121. The molecule has 2 N–H and O–H groups in total. The molecule has 0 aliphatic carbocycles. The number of benzene rings is 2. The molecule has 0 spiro atoms. The number of H-pyrrole nitrogens is 1. The molecule has 0 saturated heterocycles. The Morgan fingerprint density at radius 2 is 1.70 bits per heavy atom. The molecule has 2 heterocycles. The van der Waals surface area contributed by atoms with Crippen molar-refractivity contribution in [1.82, 2.24) is 19.9 Å². The Bertz CT molecular complexity index is 1250. The second-order valence-corrected chi connectivity index (χ2v) is 7.57. The molecule has 4 aromatic rings. The Hall–Kier alpha value is -3.67. The number of nitrogens with one attached hydrogen (secondary N) is 2. The summed E-state index contributed by atoms with van der Waals surface area (Å²) in [5.41, 5.74) is 5.92. The summed E-state index contributed by atoms with van der Waals surface area (Å²) in [4.78, 5) is 29.2. The SMILES string of the molecule is Cc1ccc(C(NC(=O)Cc2c(C)nc3cc(=O)[nH]n3c2C)c2ccccc2)cc1. The number of aromatic nitrogens is 3. The van der Waals surface area contributed by atoms with Gasteiger partial charge in [-0.25, -0.2) is 9.50 Å². The van der Waals surface area contributed by atoms with Crippen molar-refractivity contribution >= 4 is 11.6 Å². The molecule has 1 amide bonds. The van der Waals surface area contributed by atoms with Gasteiger partial charge in [0.05, 0.1) is 12.5 Å². The van der Waals surface area contributed by atoms with Crippen molar-refractivity contribution in [3.8, 4) is 0 Å². The van der Waals surface area contributed by atoms with Gasteiger partial charge >= 0.3 is 0 Å². The number of rotatable bonds is 5. The van der Waals surface area contributed by atoms with Crippen molar-refractivity contribution in [3.05, 3.63) is 105 Å². The molecule has 6 nitrogen and oxygen atoms in total. The fourth-order valence-electron chi connectivity index (χ4n) is 3.75. The van der Waals surface area contributed by atoms with E-state index in [1.807, 2.05) is 75.4 Å². The quantitative estimate of drug-likeness (QED) is 0.539. The van der Waals surface area contributed by atoms with E-state index in [1.165, 1.54) is 11.6 Å². The summed E-state index contributed by atoms with van der Waals surface area (Å²) >= 11 is 0. The summed E-state index contributed by atoms with van der Waals surface area (Å²) in [6, 6.07) is 19.3. The van der Waals surface area contributed by atoms with Crippen LogP contribution >= 0.6 is 0 Å². The summed E-state index contributed by atoms with van der Waals surface area (Å²) in [5.74, 6) is -0.105. The lowest BCUT2D eigenvalue weighted by atomic mass is 9.97. The van der Waals surface area contributed by atoms with E-state index in [4.69, 9.17) is 0 Å². The highest BCUT2D eigenvalue weighted by Crippen LogP contribution is 2.23. The van der Waals surface area contributed by atoms with E-state index in [-0.39, 0.29) is 23.9 Å². The first kappa shape index (κ1) is 19.6. The molecule has 1 atom stereocenters. The predicted octanol–water partition coefficient (Wildman–Crippen LogP) is 3.40. The van der Waals surface area contributed by atoms with Gasteiger partial charge in [0.2, 0.25) is 5.91 Å². The van der Waals surface area contributed by atoms with E-state index in [0.717, 1.165) is 28.1 Å². The normalized spacial score (nSPS) is 12.1. The number of aryl methyl sites for hydroxylation is 3. The minimum atomic E-state index is -0.247. The number of carbonyl (C=O) groups excluding carboxylic acids is 1. The third kappa shape index (κ3) is 3.89. The number of hydrogen-bond acceptors (Lipinski definition) is 3. The summed E-state index contributed by atoms with van der Waals surface area (Å²) in [6.07, 6.45) is 0.177. The minimum Gasteiger partial charge on any atom is -0.345 e. The Morgan fingerprint density at radius 1 is 1.03 bits per heavy atom. The van der Waals surface area contributed by atoms with Gasteiger partial charge in [0.1, 0.15) is 0 Å². The molecular weight excluding hydrogens is 376 g/mol. The molecule has 0 saturated carbocycles. The van der Waals surface area contributed by atoms with Crippen molar-refractivity contribution in [2.45, 2.75) is 33.2 Å². The van der Waals surface area contributed by atoms with Gasteiger partial charge < -0.3 is 5.32 Å². The van der Waals surface area contributed by atoms with Crippen LogP contribution in [0.15, 0.2) is 65.5 Å². The predicted molar refractivity (Wildman–Crippen MR) is 117 cm³/mol. The summed E-state index contributed by atoms with van der Waals surface area (Å²) in [5, 5.41) is 5.91. The number of nitrogens with zero attached hydrogens (tertiary/aromatic N) is 2. The average Bonchev–Trinajstić information content (AvgIpc) is 3.11. The number of fused-ring (bicyclic) bond motifs is 1. The zero-order valence-electron chi connectivity index (χ0n) is 17.3. The largest absolute Gasteiger partial charge is 0.345 e. The fraction of sp³-hybridized carbons (Fsp3) is 0.208. The van der Waals surface area contributed by atoms with Crippen molar-refractivity contribution < 1.29 is 4.79 Å². The molecule has 4 rings (SSSR count). The maximum Gasteiger partial charge on any atom is 0.266 e. The van der Waals surface area contributed by atoms with E-state index >= 15 is 0 Å². The molecule has 152 valence electrons. The van der Waals surface area contributed by atoms with Gasteiger partial charge in [-0.1, -0.05) is 60.2 Å².